The molecule has 0 fully saturated rings. The van der Waals surface area contributed by atoms with Gasteiger partial charge in [-0.05, 0) is 44.4 Å². The Hall–Kier alpha value is -1.93. The van der Waals surface area contributed by atoms with Gasteiger partial charge in [0.05, 0.1) is 11.0 Å². The molecule has 2 N–H and O–H groups in total. The maximum atomic E-state index is 12.0. The number of carbonyl (C=O) groups excluding carboxylic acids is 2. The first-order valence-corrected chi connectivity index (χ1v) is 9.55. The van der Waals surface area contributed by atoms with E-state index >= 15 is 0 Å². The quantitative estimate of drug-likeness (QED) is 0.732. The van der Waals surface area contributed by atoms with E-state index in [2.05, 4.69) is 15.8 Å². The van der Waals surface area contributed by atoms with Crippen molar-refractivity contribution in [2.24, 2.45) is 0 Å². The maximum Gasteiger partial charge on any atom is 0.238 e. The zero-order valence-corrected chi connectivity index (χ0v) is 15.3. The molecule has 0 aliphatic rings. The Balaban J connectivity index is 1.76. The number of thioether (sulfide) groups is 2. The van der Waals surface area contributed by atoms with Crippen LogP contribution < -0.4 is 10.6 Å². The second-order valence-electron chi connectivity index (χ2n) is 5.04. The smallest absolute Gasteiger partial charge is 0.238 e. The molecular weight excluding hydrogens is 346 g/mol. The van der Waals surface area contributed by atoms with Crippen LogP contribution in [-0.4, -0.2) is 34.2 Å². The molecule has 1 aromatic heterocycles. The third kappa shape index (κ3) is 5.61. The van der Waals surface area contributed by atoms with Crippen LogP contribution in [-0.2, 0) is 9.59 Å². The molecule has 0 aliphatic carbocycles. The summed E-state index contributed by atoms with van der Waals surface area (Å²) in [5.74, 6) is 0.830. The molecule has 0 saturated heterocycles. The first-order valence-electron chi connectivity index (χ1n) is 7.27. The Morgan fingerprint density at radius 3 is 2.54 bits per heavy atom. The second kappa shape index (κ2) is 8.79. The van der Waals surface area contributed by atoms with E-state index in [1.54, 1.807) is 31.7 Å². The van der Waals surface area contributed by atoms with Gasteiger partial charge in [0, 0.05) is 16.6 Å². The average molecular weight is 365 g/mol. The van der Waals surface area contributed by atoms with Crippen molar-refractivity contribution in [1.82, 2.24) is 5.16 Å². The van der Waals surface area contributed by atoms with E-state index in [4.69, 9.17) is 4.52 Å². The van der Waals surface area contributed by atoms with Crippen LogP contribution in [0, 0.1) is 6.92 Å². The third-order valence-corrected chi connectivity index (χ3v) is 4.97. The van der Waals surface area contributed by atoms with Crippen molar-refractivity contribution >= 4 is 46.8 Å². The lowest BCUT2D eigenvalue weighted by molar-refractivity contribution is -0.115. The molecular formula is C16H19N3O3S2. The molecule has 0 bridgehead atoms. The SMILES string of the molecule is CSc1ccc(NC(=O)CS[C@H](C)C(=O)Nc2cc(C)on2)cc1. The fourth-order valence-electron chi connectivity index (χ4n) is 1.80. The number of carbonyl (C=O) groups is 2. The van der Waals surface area contributed by atoms with Crippen LogP contribution in [0.1, 0.15) is 12.7 Å². The van der Waals surface area contributed by atoms with Crippen molar-refractivity contribution in [3.8, 4) is 0 Å². The number of hydrogen-bond donors (Lipinski definition) is 2. The number of rotatable bonds is 7. The van der Waals surface area contributed by atoms with Crippen molar-refractivity contribution in [1.29, 1.82) is 0 Å². The molecule has 0 aliphatic heterocycles. The Morgan fingerprint density at radius 2 is 1.96 bits per heavy atom. The van der Waals surface area contributed by atoms with Crippen molar-refractivity contribution < 1.29 is 14.1 Å². The standard InChI is InChI=1S/C16H19N3O3S2/c1-10-8-14(19-22-10)18-16(21)11(2)24-9-15(20)17-12-4-6-13(23-3)7-5-12/h4-8,11H,9H2,1-3H3,(H,17,20)(H,18,19,21)/t11-/m1/s1. The van der Waals surface area contributed by atoms with E-state index in [0.29, 0.717) is 11.6 Å². The molecule has 1 atom stereocenters. The van der Waals surface area contributed by atoms with E-state index in [1.807, 2.05) is 30.5 Å². The van der Waals surface area contributed by atoms with E-state index in [0.717, 1.165) is 10.6 Å². The van der Waals surface area contributed by atoms with Crippen LogP contribution in [0.15, 0.2) is 39.8 Å². The fraction of sp³-hybridized carbons (Fsp3) is 0.312. The van der Waals surface area contributed by atoms with Gasteiger partial charge in [-0.3, -0.25) is 9.59 Å². The lowest BCUT2D eigenvalue weighted by Crippen LogP contribution is -2.25. The van der Waals surface area contributed by atoms with Crippen LogP contribution >= 0.6 is 23.5 Å². The number of nitrogens with zero attached hydrogens (tertiary/aromatic N) is 1. The van der Waals surface area contributed by atoms with Gasteiger partial charge in [-0.25, -0.2) is 0 Å². The first-order chi connectivity index (χ1) is 11.5. The summed E-state index contributed by atoms with van der Waals surface area (Å²) in [6.07, 6.45) is 2.00. The molecule has 2 aromatic rings. The van der Waals surface area contributed by atoms with E-state index in [1.165, 1.54) is 11.8 Å². The highest BCUT2D eigenvalue weighted by Gasteiger charge is 2.16. The minimum Gasteiger partial charge on any atom is -0.360 e. The zero-order valence-electron chi connectivity index (χ0n) is 13.7. The highest BCUT2D eigenvalue weighted by Crippen LogP contribution is 2.18. The molecule has 6 nitrogen and oxygen atoms in total. The van der Waals surface area contributed by atoms with E-state index < -0.39 is 0 Å². The van der Waals surface area contributed by atoms with Crippen molar-refractivity contribution in [2.45, 2.75) is 24.0 Å². The summed E-state index contributed by atoms with van der Waals surface area (Å²) in [5, 5.41) is 8.79. The zero-order chi connectivity index (χ0) is 17.5. The summed E-state index contributed by atoms with van der Waals surface area (Å²) < 4.78 is 4.89. The predicted molar refractivity (Wildman–Crippen MR) is 98.6 cm³/mol. The van der Waals surface area contributed by atoms with Crippen LogP contribution in [0.4, 0.5) is 11.5 Å². The Morgan fingerprint density at radius 1 is 1.25 bits per heavy atom. The highest BCUT2D eigenvalue weighted by molar-refractivity contribution is 8.01. The van der Waals surface area contributed by atoms with Gasteiger partial charge in [-0.15, -0.1) is 23.5 Å². The number of aromatic nitrogens is 1. The average Bonchev–Trinajstić information content (AvgIpc) is 2.98. The summed E-state index contributed by atoms with van der Waals surface area (Å²) in [6, 6.07) is 9.25. The van der Waals surface area contributed by atoms with Crippen LogP contribution in [0.2, 0.25) is 0 Å². The summed E-state index contributed by atoms with van der Waals surface area (Å²) in [5.41, 5.74) is 0.744. The minimum atomic E-state index is -0.383. The second-order valence-corrected chi connectivity index (χ2v) is 7.25. The Kier molecular flexibility index (Phi) is 6.74. The van der Waals surface area contributed by atoms with Gasteiger partial charge >= 0.3 is 0 Å². The molecule has 1 aromatic carbocycles. The highest BCUT2D eigenvalue weighted by atomic mass is 32.2. The lowest BCUT2D eigenvalue weighted by Gasteiger charge is -2.10. The summed E-state index contributed by atoms with van der Waals surface area (Å²) in [6.45, 7) is 3.49. The van der Waals surface area contributed by atoms with E-state index in [-0.39, 0.29) is 22.8 Å². The monoisotopic (exact) mass is 365 g/mol. The topological polar surface area (TPSA) is 84.2 Å². The Bertz CT molecular complexity index is 701. The molecule has 0 spiro atoms. The maximum absolute atomic E-state index is 12.0. The number of benzene rings is 1. The molecule has 2 amide bonds. The van der Waals surface area contributed by atoms with Gasteiger partial charge in [-0.1, -0.05) is 5.16 Å². The molecule has 8 heteroatoms. The molecule has 0 radical (unpaired) electrons. The van der Waals surface area contributed by atoms with E-state index in [9.17, 15) is 9.59 Å². The number of hydrogen-bond acceptors (Lipinski definition) is 6. The largest absolute Gasteiger partial charge is 0.360 e. The van der Waals surface area contributed by atoms with Gasteiger partial charge in [0.1, 0.15) is 5.76 Å². The normalized spacial score (nSPS) is 11.8. The fourth-order valence-corrected chi connectivity index (χ4v) is 2.89. The lowest BCUT2D eigenvalue weighted by atomic mass is 10.3. The minimum absolute atomic E-state index is 0.145. The summed E-state index contributed by atoms with van der Waals surface area (Å²) in [7, 11) is 0. The van der Waals surface area contributed by atoms with Gasteiger partial charge in [0.25, 0.3) is 0 Å². The number of anilines is 2. The molecule has 24 heavy (non-hydrogen) atoms. The molecule has 1 heterocycles. The van der Waals surface area contributed by atoms with Gasteiger partial charge < -0.3 is 15.2 Å². The van der Waals surface area contributed by atoms with Crippen molar-refractivity contribution in [3.05, 3.63) is 36.1 Å². The molecule has 2 rings (SSSR count). The van der Waals surface area contributed by atoms with Crippen molar-refractivity contribution in [3.63, 3.8) is 0 Å². The first kappa shape index (κ1) is 18.4. The molecule has 0 unspecified atom stereocenters. The predicted octanol–water partition coefficient (Wildman–Crippen LogP) is 3.40. The van der Waals surface area contributed by atoms with Crippen LogP contribution in [0.25, 0.3) is 0 Å². The van der Waals surface area contributed by atoms with Gasteiger partial charge in [0.15, 0.2) is 5.82 Å². The Labute approximate surface area is 149 Å². The van der Waals surface area contributed by atoms with Crippen LogP contribution in [0.3, 0.4) is 0 Å². The van der Waals surface area contributed by atoms with Crippen molar-refractivity contribution in [2.75, 3.05) is 22.6 Å². The van der Waals surface area contributed by atoms with Gasteiger partial charge in [0.2, 0.25) is 11.8 Å². The summed E-state index contributed by atoms with van der Waals surface area (Å²) in [4.78, 5) is 25.1. The summed E-state index contributed by atoms with van der Waals surface area (Å²) >= 11 is 2.90. The molecule has 128 valence electrons. The number of nitrogens with one attached hydrogen (secondary N) is 2. The third-order valence-electron chi connectivity index (χ3n) is 3.09. The van der Waals surface area contributed by atoms with Crippen LogP contribution in [0.5, 0.6) is 0 Å². The van der Waals surface area contributed by atoms with Gasteiger partial charge in [-0.2, -0.15) is 0 Å². The number of aryl methyl sites for hydroxylation is 1. The number of amides is 2. The molecule has 0 saturated carbocycles.